The quantitative estimate of drug-likeness (QED) is 0.216. The van der Waals surface area contributed by atoms with Crippen molar-refractivity contribution in [2.45, 2.75) is 62.3 Å². The summed E-state index contributed by atoms with van der Waals surface area (Å²) in [7, 11) is 0. The van der Waals surface area contributed by atoms with Crippen LogP contribution in [0, 0.1) is 5.92 Å². The van der Waals surface area contributed by atoms with Crippen LogP contribution in [0.1, 0.15) is 26.2 Å². The van der Waals surface area contributed by atoms with Gasteiger partial charge in [-0.3, -0.25) is 4.79 Å². The SMILES string of the molecule is C[C@@H](CCCCNCC(F)(F)C1(O)O[C@H](CO)[C@H](O)[C@H](O)[C@H]1O)C(=O)O. The van der Waals surface area contributed by atoms with Crippen LogP contribution < -0.4 is 5.32 Å². The van der Waals surface area contributed by atoms with Gasteiger partial charge in [0.15, 0.2) is 0 Å². The van der Waals surface area contributed by atoms with Crippen LogP contribution in [-0.2, 0) is 9.53 Å². The average molecular weight is 387 g/mol. The van der Waals surface area contributed by atoms with Crippen LogP contribution in [0.25, 0.3) is 0 Å². The second-order valence-electron chi connectivity index (χ2n) is 6.58. The van der Waals surface area contributed by atoms with Gasteiger partial charge < -0.3 is 40.7 Å². The first-order chi connectivity index (χ1) is 12.0. The minimum atomic E-state index is -4.05. The van der Waals surface area contributed by atoms with Crippen LogP contribution in [0.2, 0.25) is 0 Å². The van der Waals surface area contributed by atoms with E-state index in [0.29, 0.717) is 19.3 Å². The number of nitrogens with one attached hydrogen (secondary N) is 1. The van der Waals surface area contributed by atoms with Crippen molar-refractivity contribution in [3.8, 4) is 0 Å². The Morgan fingerprint density at radius 2 is 1.88 bits per heavy atom. The summed E-state index contributed by atoms with van der Waals surface area (Å²) in [6.45, 7) is -0.407. The Balaban J connectivity index is 2.56. The van der Waals surface area contributed by atoms with Gasteiger partial charge in [0.2, 0.25) is 0 Å². The molecule has 9 nitrogen and oxygen atoms in total. The molecule has 0 aromatic heterocycles. The molecule has 1 fully saturated rings. The molecular weight excluding hydrogens is 360 g/mol. The lowest BCUT2D eigenvalue weighted by Crippen LogP contribution is -2.72. The molecular formula is C15H27F2NO8. The zero-order chi connectivity index (χ0) is 20.1. The lowest BCUT2D eigenvalue weighted by Gasteiger charge is -2.48. The van der Waals surface area contributed by atoms with Gasteiger partial charge in [-0.2, -0.15) is 8.78 Å². The highest BCUT2D eigenvalue weighted by atomic mass is 19.3. The molecule has 0 aromatic carbocycles. The van der Waals surface area contributed by atoms with Gasteiger partial charge in [-0.25, -0.2) is 0 Å². The van der Waals surface area contributed by atoms with Gasteiger partial charge in [0.05, 0.1) is 19.1 Å². The van der Waals surface area contributed by atoms with E-state index in [2.05, 4.69) is 10.1 Å². The number of rotatable bonds is 10. The maximum atomic E-state index is 14.3. The highest BCUT2D eigenvalue weighted by Crippen LogP contribution is 2.39. The molecule has 0 bridgehead atoms. The van der Waals surface area contributed by atoms with Crippen molar-refractivity contribution in [1.29, 1.82) is 0 Å². The number of aliphatic carboxylic acids is 1. The zero-order valence-corrected chi connectivity index (χ0v) is 14.4. The number of carbonyl (C=O) groups is 1. The smallest absolute Gasteiger partial charge is 0.315 e. The normalized spacial score (nSPS) is 33.8. The molecule has 6 atom stereocenters. The lowest BCUT2D eigenvalue weighted by molar-refractivity contribution is -0.409. The maximum Gasteiger partial charge on any atom is 0.315 e. The average Bonchev–Trinajstić information content (AvgIpc) is 2.58. The Bertz CT molecular complexity index is 467. The molecule has 0 radical (unpaired) electrons. The summed E-state index contributed by atoms with van der Waals surface area (Å²) >= 11 is 0. The molecule has 0 saturated carbocycles. The summed E-state index contributed by atoms with van der Waals surface area (Å²) in [5.41, 5.74) is 0. The number of carboxylic acids is 1. The summed E-state index contributed by atoms with van der Waals surface area (Å²) in [4.78, 5) is 10.7. The minimum absolute atomic E-state index is 0.0999. The fourth-order valence-corrected chi connectivity index (χ4v) is 2.65. The molecule has 1 aliphatic heterocycles. The van der Waals surface area contributed by atoms with E-state index in [4.69, 9.17) is 10.2 Å². The molecule has 26 heavy (non-hydrogen) atoms. The monoisotopic (exact) mass is 387 g/mol. The van der Waals surface area contributed by atoms with E-state index in [1.807, 2.05) is 0 Å². The van der Waals surface area contributed by atoms with Crippen molar-refractivity contribution in [2.24, 2.45) is 5.92 Å². The number of carboxylic acid groups (broad SMARTS) is 1. The molecule has 1 unspecified atom stereocenters. The number of ether oxygens (including phenoxy) is 1. The lowest BCUT2D eigenvalue weighted by atomic mass is 9.88. The van der Waals surface area contributed by atoms with Crippen LogP contribution >= 0.6 is 0 Å². The molecule has 1 heterocycles. The highest BCUT2D eigenvalue weighted by Gasteiger charge is 2.65. The number of halogens is 2. The van der Waals surface area contributed by atoms with Crippen molar-refractivity contribution in [3.63, 3.8) is 0 Å². The van der Waals surface area contributed by atoms with E-state index in [0.717, 1.165) is 0 Å². The Kier molecular flexibility index (Phi) is 8.27. The first-order valence-electron chi connectivity index (χ1n) is 8.34. The molecule has 1 rings (SSSR count). The molecule has 7 N–H and O–H groups in total. The van der Waals surface area contributed by atoms with E-state index in [1.165, 1.54) is 0 Å². The third-order valence-corrected chi connectivity index (χ3v) is 4.50. The van der Waals surface area contributed by atoms with Crippen LogP contribution in [0.4, 0.5) is 8.78 Å². The molecule has 0 aliphatic carbocycles. The topological polar surface area (TPSA) is 160 Å². The van der Waals surface area contributed by atoms with Crippen LogP contribution in [-0.4, -0.2) is 92.4 Å². The first kappa shape index (κ1) is 23.1. The van der Waals surface area contributed by atoms with Gasteiger partial charge >= 0.3 is 11.9 Å². The minimum Gasteiger partial charge on any atom is -0.481 e. The van der Waals surface area contributed by atoms with Crippen molar-refractivity contribution in [3.05, 3.63) is 0 Å². The predicted octanol–water partition coefficient (Wildman–Crippen LogP) is -1.74. The second-order valence-corrected chi connectivity index (χ2v) is 6.58. The van der Waals surface area contributed by atoms with Gasteiger partial charge in [-0.1, -0.05) is 13.3 Å². The third-order valence-electron chi connectivity index (χ3n) is 4.50. The first-order valence-corrected chi connectivity index (χ1v) is 8.34. The van der Waals surface area contributed by atoms with Crippen LogP contribution in [0.3, 0.4) is 0 Å². The number of alkyl halides is 2. The Morgan fingerprint density at radius 1 is 1.27 bits per heavy atom. The van der Waals surface area contributed by atoms with Crippen molar-refractivity contribution in [2.75, 3.05) is 19.7 Å². The zero-order valence-electron chi connectivity index (χ0n) is 14.4. The Hall–Kier alpha value is -0.950. The highest BCUT2D eigenvalue weighted by molar-refractivity contribution is 5.69. The third kappa shape index (κ3) is 5.06. The van der Waals surface area contributed by atoms with Crippen molar-refractivity contribution < 1.29 is 49.0 Å². The van der Waals surface area contributed by atoms with Crippen molar-refractivity contribution in [1.82, 2.24) is 5.32 Å². The fraction of sp³-hybridized carbons (Fsp3) is 0.933. The summed E-state index contributed by atoms with van der Waals surface area (Å²) in [6.07, 6.45) is -6.86. The van der Waals surface area contributed by atoms with Gasteiger partial charge in [-0.15, -0.1) is 0 Å². The summed E-state index contributed by atoms with van der Waals surface area (Å²) in [5.74, 6) is -9.01. The number of hydrogen-bond acceptors (Lipinski definition) is 8. The fourth-order valence-electron chi connectivity index (χ4n) is 2.65. The molecule has 1 aliphatic rings. The summed E-state index contributed by atoms with van der Waals surface area (Å²) < 4.78 is 33.3. The van der Waals surface area contributed by atoms with Crippen molar-refractivity contribution >= 4 is 5.97 Å². The standard InChI is InChI=1S/C15H27F2NO8/c1-8(13(23)24)4-2-3-5-18-7-14(16,17)15(25)12(22)11(21)10(20)9(6-19)26-15/h8-12,18-22,25H,2-7H2,1H3,(H,23,24)/t8-,9+,10-,11-,12+,15?/m0/s1. The summed E-state index contributed by atoms with van der Waals surface area (Å²) in [6, 6.07) is 0. The second kappa shape index (κ2) is 9.31. The van der Waals surface area contributed by atoms with Gasteiger partial charge in [0, 0.05) is 0 Å². The molecule has 0 amide bonds. The van der Waals surface area contributed by atoms with E-state index in [9.17, 15) is 34.0 Å². The van der Waals surface area contributed by atoms with Crippen LogP contribution in [0.15, 0.2) is 0 Å². The number of aliphatic hydroxyl groups is 5. The molecule has 1 saturated heterocycles. The Labute approximate surface area is 149 Å². The van der Waals surface area contributed by atoms with E-state index in [-0.39, 0.29) is 6.54 Å². The molecule has 0 spiro atoms. The van der Waals surface area contributed by atoms with E-state index in [1.54, 1.807) is 6.92 Å². The largest absolute Gasteiger partial charge is 0.481 e. The molecule has 0 aromatic rings. The van der Waals surface area contributed by atoms with Gasteiger partial charge in [0.1, 0.15) is 24.4 Å². The summed E-state index contributed by atoms with van der Waals surface area (Å²) in [5, 5.41) is 59.1. The van der Waals surface area contributed by atoms with E-state index < -0.39 is 61.2 Å². The maximum absolute atomic E-state index is 14.3. The predicted molar refractivity (Wildman–Crippen MR) is 83.4 cm³/mol. The van der Waals surface area contributed by atoms with Gasteiger partial charge in [0.25, 0.3) is 5.79 Å². The van der Waals surface area contributed by atoms with Gasteiger partial charge in [-0.05, 0) is 19.4 Å². The molecule has 11 heteroatoms. The number of hydrogen-bond donors (Lipinski definition) is 7. The molecule has 154 valence electrons. The van der Waals surface area contributed by atoms with E-state index >= 15 is 0 Å². The van der Waals surface area contributed by atoms with Crippen LogP contribution in [0.5, 0.6) is 0 Å². The number of aliphatic hydroxyl groups excluding tert-OH is 4. The Morgan fingerprint density at radius 3 is 2.42 bits per heavy atom. The number of unbranched alkanes of at least 4 members (excludes halogenated alkanes) is 1.